The average Bonchev–Trinajstić information content (AvgIpc) is 3.22. The molecule has 0 unspecified atom stereocenters. The van der Waals surface area contributed by atoms with Crippen LogP contribution in [0.1, 0.15) is 94.4 Å². The standard InChI is InChI=1S/C24H44FN2O3P/c1-21(2,3)15-26-18-12-10-11-13-19(18)27(16-22(4,5)6)31(26,29)24(25)14-17(24)20(28)30-23(7,8)9/h17-19H,10-16H2,1-9H3/t17-,18-,19-,24-/m1/s1. The highest BCUT2D eigenvalue weighted by molar-refractivity contribution is 7.61. The highest BCUT2D eigenvalue weighted by atomic mass is 31.2. The monoisotopic (exact) mass is 458 g/mol. The maximum Gasteiger partial charge on any atom is 0.313 e. The Labute approximate surface area is 188 Å². The molecule has 2 saturated carbocycles. The lowest BCUT2D eigenvalue weighted by Gasteiger charge is -2.39. The number of halogens is 1. The summed E-state index contributed by atoms with van der Waals surface area (Å²) >= 11 is 0. The van der Waals surface area contributed by atoms with E-state index in [-0.39, 0.29) is 29.3 Å². The quantitative estimate of drug-likeness (QED) is 0.369. The molecule has 0 aromatic carbocycles. The van der Waals surface area contributed by atoms with Crippen LogP contribution < -0.4 is 0 Å². The minimum absolute atomic E-state index is 0.0000825. The summed E-state index contributed by atoms with van der Waals surface area (Å²) in [6, 6.07) is 0.183. The SMILES string of the molecule is CC(C)(C)CN1[C@@H]2CCCC[C@H]2N(CC(C)(C)C)P1(=O)[C@]1(F)C[C@@H]1C(=O)OC(C)(C)C. The molecule has 0 N–H and O–H groups in total. The molecule has 0 spiro atoms. The van der Waals surface area contributed by atoms with E-state index < -0.39 is 30.3 Å². The van der Waals surface area contributed by atoms with Crippen LogP contribution >= 0.6 is 7.44 Å². The molecule has 1 aliphatic heterocycles. The summed E-state index contributed by atoms with van der Waals surface area (Å²) in [6.07, 6.45) is 4.05. The predicted octanol–water partition coefficient (Wildman–Crippen LogP) is 6.23. The zero-order valence-electron chi connectivity index (χ0n) is 21.1. The van der Waals surface area contributed by atoms with E-state index in [1.807, 2.05) is 9.34 Å². The van der Waals surface area contributed by atoms with Crippen molar-refractivity contribution < 1.29 is 18.5 Å². The smallest absolute Gasteiger partial charge is 0.313 e. The number of carbonyl (C=O) groups is 1. The summed E-state index contributed by atoms with van der Waals surface area (Å²) in [5.41, 5.74) is -0.931. The van der Waals surface area contributed by atoms with Gasteiger partial charge in [-0.25, -0.2) is 13.7 Å². The number of nitrogens with zero attached hydrogens (tertiary/aromatic N) is 2. The molecule has 0 bridgehead atoms. The van der Waals surface area contributed by atoms with Crippen LogP contribution in [0.5, 0.6) is 0 Å². The van der Waals surface area contributed by atoms with Gasteiger partial charge in [-0.1, -0.05) is 54.4 Å². The van der Waals surface area contributed by atoms with E-state index in [1.165, 1.54) is 0 Å². The fourth-order valence-corrected chi connectivity index (χ4v) is 10.0. The fraction of sp³-hybridized carbons (Fsp3) is 0.958. The molecular formula is C24H44FN2O3P. The third kappa shape index (κ3) is 4.92. The Morgan fingerprint density at radius 2 is 1.35 bits per heavy atom. The number of carbonyl (C=O) groups excluding carboxylic acids is 1. The van der Waals surface area contributed by atoms with E-state index in [4.69, 9.17) is 4.74 Å². The Balaban J connectivity index is 2.04. The molecule has 2 aliphatic carbocycles. The lowest BCUT2D eigenvalue weighted by atomic mass is 9.87. The zero-order chi connectivity index (χ0) is 23.6. The second kappa shape index (κ2) is 7.81. The molecule has 1 saturated heterocycles. The van der Waals surface area contributed by atoms with Gasteiger partial charge in [0.2, 0.25) is 5.41 Å². The van der Waals surface area contributed by atoms with Gasteiger partial charge in [-0.05, 0) is 44.4 Å². The number of fused-ring (bicyclic) bond motifs is 1. The third-order valence-electron chi connectivity index (χ3n) is 6.47. The molecular weight excluding hydrogens is 414 g/mol. The number of alkyl halides is 1. The second-order valence-electron chi connectivity index (χ2n) is 13.4. The number of hydrogen-bond acceptors (Lipinski definition) is 3. The molecule has 0 aromatic heterocycles. The van der Waals surface area contributed by atoms with Crippen LogP contribution in [0, 0.1) is 16.7 Å². The molecule has 3 fully saturated rings. The molecule has 31 heavy (non-hydrogen) atoms. The molecule has 3 aliphatic rings. The van der Waals surface area contributed by atoms with Gasteiger partial charge in [0.05, 0.1) is 0 Å². The van der Waals surface area contributed by atoms with Crippen LogP contribution in [0.3, 0.4) is 0 Å². The molecule has 7 heteroatoms. The van der Waals surface area contributed by atoms with Gasteiger partial charge in [0, 0.05) is 31.6 Å². The van der Waals surface area contributed by atoms with Gasteiger partial charge in [-0.15, -0.1) is 0 Å². The third-order valence-corrected chi connectivity index (χ3v) is 10.2. The molecule has 1 heterocycles. The van der Waals surface area contributed by atoms with Gasteiger partial charge in [0.25, 0.3) is 7.44 Å². The van der Waals surface area contributed by atoms with E-state index in [1.54, 1.807) is 20.8 Å². The summed E-state index contributed by atoms with van der Waals surface area (Å²) in [5, 5.41) is -2.02. The lowest BCUT2D eigenvalue weighted by molar-refractivity contribution is -0.157. The van der Waals surface area contributed by atoms with Crippen molar-refractivity contribution in [3.8, 4) is 0 Å². The molecule has 5 nitrogen and oxygen atoms in total. The first-order chi connectivity index (χ1) is 13.9. The van der Waals surface area contributed by atoms with Crippen LogP contribution in [0.2, 0.25) is 0 Å². The maximum atomic E-state index is 16.7. The fourth-order valence-electron chi connectivity index (χ4n) is 5.35. The second-order valence-corrected chi connectivity index (χ2v) is 16.2. The van der Waals surface area contributed by atoms with Crippen LogP contribution in [-0.4, -0.2) is 51.5 Å². The minimum atomic E-state index is -3.64. The Hall–Kier alpha value is -0.450. The molecule has 180 valence electrons. The van der Waals surface area contributed by atoms with Crippen molar-refractivity contribution in [1.82, 2.24) is 9.34 Å². The van der Waals surface area contributed by atoms with Gasteiger partial charge in [-0.3, -0.25) is 9.36 Å². The van der Waals surface area contributed by atoms with E-state index in [0.29, 0.717) is 13.1 Å². The highest BCUT2D eigenvalue weighted by Crippen LogP contribution is 2.81. The largest absolute Gasteiger partial charge is 0.460 e. The highest BCUT2D eigenvalue weighted by Gasteiger charge is 2.78. The van der Waals surface area contributed by atoms with Gasteiger partial charge < -0.3 is 4.74 Å². The Kier molecular flexibility index (Phi) is 6.34. The van der Waals surface area contributed by atoms with Gasteiger partial charge >= 0.3 is 5.97 Å². The van der Waals surface area contributed by atoms with Crippen molar-refractivity contribution in [2.75, 3.05) is 13.1 Å². The van der Waals surface area contributed by atoms with Gasteiger partial charge in [0.15, 0.2) is 0 Å². The van der Waals surface area contributed by atoms with E-state index in [2.05, 4.69) is 41.5 Å². The van der Waals surface area contributed by atoms with Crippen LogP contribution in [0.25, 0.3) is 0 Å². The minimum Gasteiger partial charge on any atom is -0.460 e. The molecule has 4 atom stereocenters. The average molecular weight is 459 g/mol. The summed E-state index contributed by atoms with van der Waals surface area (Å²) < 4.78 is 41.3. The number of hydrogen-bond donors (Lipinski definition) is 0. The zero-order valence-corrected chi connectivity index (χ0v) is 22.0. The van der Waals surface area contributed by atoms with Crippen LogP contribution in [0.15, 0.2) is 0 Å². The summed E-state index contributed by atoms with van der Waals surface area (Å²) in [6.45, 7) is 19.2. The number of ether oxygens (including phenoxy) is 1. The number of esters is 1. The van der Waals surface area contributed by atoms with Crippen molar-refractivity contribution in [3.05, 3.63) is 0 Å². The number of rotatable bonds is 4. The summed E-state index contributed by atoms with van der Waals surface area (Å²) in [5.74, 6) is -1.49. The summed E-state index contributed by atoms with van der Waals surface area (Å²) in [4.78, 5) is 12.8. The lowest BCUT2D eigenvalue weighted by Crippen LogP contribution is -2.43. The predicted molar refractivity (Wildman–Crippen MR) is 124 cm³/mol. The van der Waals surface area contributed by atoms with Gasteiger partial charge in [-0.2, -0.15) is 0 Å². The van der Waals surface area contributed by atoms with Crippen LogP contribution in [0.4, 0.5) is 4.39 Å². The van der Waals surface area contributed by atoms with E-state index in [9.17, 15) is 4.79 Å². The van der Waals surface area contributed by atoms with Crippen molar-refractivity contribution in [1.29, 1.82) is 0 Å². The van der Waals surface area contributed by atoms with Crippen molar-refractivity contribution in [2.45, 2.75) is 118 Å². The first-order valence-electron chi connectivity index (χ1n) is 12.0. The Morgan fingerprint density at radius 3 is 1.71 bits per heavy atom. The van der Waals surface area contributed by atoms with Crippen molar-refractivity contribution in [2.24, 2.45) is 16.7 Å². The molecule has 3 rings (SSSR count). The maximum absolute atomic E-state index is 16.7. The first-order valence-corrected chi connectivity index (χ1v) is 13.6. The Bertz CT molecular complexity index is 715. The topological polar surface area (TPSA) is 49.9 Å². The van der Waals surface area contributed by atoms with E-state index >= 15 is 8.96 Å². The summed E-state index contributed by atoms with van der Waals surface area (Å²) in [7, 11) is -3.64. The van der Waals surface area contributed by atoms with Crippen molar-refractivity contribution >= 4 is 13.4 Å². The van der Waals surface area contributed by atoms with Crippen LogP contribution in [-0.2, 0) is 14.1 Å². The first kappa shape index (κ1) is 25.2. The Morgan fingerprint density at radius 1 is 0.935 bits per heavy atom. The van der Waals surface area contributed by atoms with Gasteiger partial charge in [0.1, 0.15) is 11.5 Å². The van der Waals surface area contributed by atoms with E-state index in [0.717, 1.165) is 25.7 Å². The molecule has 0 aromatic rings. The normalized spacial score (nSPS) is 34.5. The molecule has 0 amide bonds. The van der Waals surface area contributed by atoms with Crippen molar-refractivity contribution in [3.63, 3.8) is 0 Å². The molecule has 0 radical (unpaired) electrons.